The summed E-state index contributed by atoms with van der Waals surface area (Å²) in [7, 11) is 0. The molecule has 1 fully saturated rings. The lowest BCUT2D eigenvalue weighted by Crippen LogP contribution is -2.64. The van der Waals surface area contributed by atoms with Gasteiger partial charge in [0, 0.05) is 19.8 Å². The number of carbonyl (C=O) groups is 2. The lowest BCUT2D eigenvalue weighted by molar-refractivity contribution is -0.151. The maximum atomic E-state index is 12.4. The minimum atomic E-state index is -0.387. The second-order valence-corrected chi connectivity index (χ2v) is 5.24. The Bertz CT molecular complexity index is 318. The number of ether oxygens (including phenoxy) is 1. The molecule has 0 aliphatic carbocycles. The van der Waals surface area contributed by atoms with E-state index in [1.165, 1.54) is 0 Å². The van der Waals surface area contributed by atoms with Gasteiger partial charge in [0.15, 0.2) is 0 Å². The average molecular weight is 270 g/mol. The predicted octanol–water partition coefficient (Wildman–Crippen LogP) is 1.17. The van der Waals surface area contributed by atoms with Crippen molar-refractivity contribution in [2.24, 2.45) is 5.92 Å². The summed E-state index contributed by atoms with van der Waals surface area (Å²) >= 11 is 0. The average Bonchev–Trinajstić information content (AvgIpc) is 2.37. The van der Waals surface area contributed by atoms with Gasteiger partial charge in [0.25, 0.3) is 0 Å². The molecule has 1 N–H and O–H groups in total. The van der Waals surface area contributed by atoms with E-state index in [4.69, 9.17) is 4.74 Å². The molecule has 2 amide bonds. The van der Waals surface area contributed by atoms with Gasteiger partial charge in [-0.05, 0) is 25.7 Å². The van der Waals surface area contributed by atoms with E-state index in [9.17, 15) is 9.59 Å². The molecule has 19 heavy (non-hydrogen) atoms. The fraction of sp³-hybridized carbons (Fsp3) is 0.857. The number of hydrogen-bond acceptors (Lipinski definition) is 3. The zero-order valence-electron chi connectivity index (χ0n) is 12.4. The van der Waals surface area contributed by atoms with Crippen molar-refractivity contribution in [3.8, 4) is 0 Å². The van der Waals surface area contributed by atoms with Gasteiger partial charge in [0.2, 0.25) is 11.8 Å². The fourth-order valence-electron chi connectivity index (χ4n) is 2.39. The Morgan fingerprint density at radius 2 is 2.00 bits per heavy atom. The summed E-state index contributed by atoms with van der Waals surface area (Å²) in [6, 6.07) is -0.716. The third-order valence-corrected chi connectivity index (χ3v) is 3.47. The van der Waals surface area contributed by atoms with E-state index in [-0.39, 0.29) is 29.8 Å². The molecule has 5 nitrogen and oxygen atoms in total. The molecule has 0 aromatic carbocycles. The monoisotopic (exact) mass is 270 g/mol. The number of nitrogens with zero attached hydrogens (tertiary/aromatic N) is 1. The quantitative estimate of drug-likeness (QED) is 0.707. The third kappa shape index (κ3) is 3.93. The number of nitrogens with one attached hydrogen (secondary N) is 1. The minimum absolute atomic E-state index is 0.0304. The summed E-state index contributed by atoms with van der Waals surface area (Å²) in [6.07, 6.45) is 1.42. The maximum absolute atomic E-state index is 12.4. The molecule has 2 unspecified atom stereocenters. The number of hydrogen-bond donors (Lipinski definition) is 1. The van der Waals surface area contributed by atoms with Gasteiger partial charge in [-0.3, -0.25) is 9.59 Å². The lowest BCUT2D eigenvalue weighted by Gasteiger charge is -2.40. The summed E-state index contributed by atoms with van der Waals surface area (Å²) in [5.74, 6) is 0.124. The zero-order valence-corrected chi connectivity index (χ0v) is 12.4. The van der Waals surface area contributed by atoms with Crippen LogP contribution in [-0.2, 0) is 14.3 Å². The number of carbonyl (C=O) groups excluding carboxylic acids is 2. The molecule has 1 aliphatic rings. The molecule has 1 heterocycles. The van der Waals surface area contributed by atoms with E-state index in [0.29, 0.717) is 26.2 Å². The molecule has 2 atom stereocenters. The van der Waals surface area contributed by atoms with E-state index in [2.05, 4.69) is 5.32 Å². The first kappa shape index (κ1) is 16.0. The topological polar surface area (TPSA) is 58.6 Å². The molecule has 110 valence electrons. The largest absolute Gasteiger partial charge is 0.382 e. The molecule has 0 bridgehead atoms. The van der Waals surface area contributed by atoms with Gasteiger partial charge >= 0.3 is 0 Å². The van der Waals surface area contributed by atoms with Gasteiger partial charge in [-0.15, -0.1) is 0 Å². The Balaban J connectivity index is 2.69. The molecule has 1 rings (SSSR count). The Labute approximate surface area is 115 Å². The fourth-order valence-corrected chi connectivity index (χ4v) is 2.39. The minimum Gasteiger partial charge on any atom is -0.382 e. The van der Waals surface area contributed by atoms with Crippen molar-refractivity contribution < 1.29 is 14.3 Å². The SMILES string of the molecule is CCOCCCN1C(=O)C(C(C)C)NC(=O)C1CC. The zero-order chi connectivity index (χ0) is 14.4. The van der Waals surface area contributed by atoms with Gasteiger partial charge in [-0.25, -0.2) is 0 Å². The van der Waals surface area contributed by atoms with Crippen molar-refractivity contribution in [3.63, 3.8) is 0 Å². The highest BCUT2D eigenvalue weighted by atomic mass is 16.5. The van der Waals surface area contributed by atoms with Gasteiger partial charge in [-0.1, -0.05) is 20.8 Å². The van der Waals surface area contributed by atoms with Crippen molar-refractivity contribution in [1.29, 1.82) is 0 Å². The van der Waals surface area contributed by atoms with E-state index >= 15 is 0 Å². The second-order valence-electron chi connectivity index (χ2n) is 5.24. The first-order chi connectivity index (χ1) is 9.02. The maximum Gasteiger partial charge on any atom is 0.246 e. The molecular weight excluding hydrogens is 244 g/mol. The molecule has 0 spiro atoms. The number of amides is 2. The van der Waals surface area contributed by atoms with Crippen LogP contribution in [0.4, 0.5) is 0 Å². The molecule has 1 aliphatic heterocycles. The van der Waals surface area contributed by atoms with Crippen molar-refractivity contribution in [3.05, 3.63) is 0 Å². The Kier molecular flexibility index (Phi) is 6.28. The van der Waals surface area contributed by atoms with Crippen molar-refractivity contribution >= 4 is 11.8 Å². The third-order valence-electron chi connectivity index (χ3n) is 3.47. The van der Waals surface area contributed by atoms with Crippen LogP contribution in [-0.4, -0.2) is 48.6 Å². The van der Waals surface area contributed by atoms with Crippen LogP contribution in [0.25, 0.3) is 0 Å². The van der Waals surface area contributed by atoms with Crippen LogP contribution in [0, 0.1) is 5.92 Å². The van der Waals surface area contributed by atoms with Crippen LogP contribution in [0.2, 0.25) is 0 Å². The van der Waals surface area contributed by atoms with E-state index in [1.54, 1.807) is 4.90 Å². The molecule has 0 aromatic heterocycles. The van der Waals surface area contributed by atoms with Crippen LogP contribution < -0.4 is 5.32 Å². The summed E-state index contributed by atoms with van der Waals surface area (Å²) in [4.78, 5) is 26.2. The molecule has 0 aromatic rings. The van der Waals surface area contributed by atoms with Crippen LogP contribution in [0.3, 0.4) is 0 Å². The van der Waals surface area contributed by atoms with Gasteiger partial charge in [0.1, 0.15) is 12.1 Å². The van der Waals surface area contributed by atoms with Gasteiger partial charge in [0.05, 0.1) is 0 Å². The normalized spacial score (nSPS) is 23.9. The highest BCUT2D eigenvalue weighted by Crippen LogP contribution is 2.17. The Hall–Kier alpha value is -1.10. The molecule has 1 saturated heterocycles. The Morgan fingerprint density at radius 3 is 2.53 bits per heavy atom. The van der Waals surface area contributed by atoms with Crippen molar-refractivity contribution in [2.45, 2.75) is 52.6 Å². The smallest absolute Gasteiger partial charge is 0.246 e. The summed E-state index contributed by atoms with van der Waals surface area (Å²) in [5, 5.41) is 2.84. The van der Waals surface area contributed by atoms with E-state index < -0.39 is 0 Å². The van der Waals surface area contributed by atoms with Crippen LogP contribution >= 0.6 is 0 Å². The van der Waals surface area contributed by atoms with Gasteiger partial charge in [-0.2, -0.15) is 0 Å². The van der Waals surface area contributed by atoms with E-state index in [0.717, 1.165) is 6.42 Å². The molecular formula is C14H26N2O3. The summed E-state index contributed by atoms with van der Waals surface area (Å²) < 4.78 is 5.29. The van der Waals surface area contributed by atoms with Crippen LogP contribution in [0.5, 0.6) is 0 Å². The highest BCUT2D eigenvalue weighted by Gasteiger charge is 2.40. The first-order valence-electron chi connectivity index (χ1n) is 7.21. The number of rotatable bonds is 7. The summed E-state index contributed by atoms with van der Waals surface area (Å²) in [5.41, 5.74) is 0. The van der Waals surface area contributed by atoms with Crippen LogP contribution in [0.15, 0.2) is 0 Å². The summed E-state index contributed by atoms with van der Waals surface area (Å²) in [6.45, 7) is 9.69. The second kappa shape index (κ2) is 7.48. The standard InChI is InChI=1S/C14H26N2O3/c1-5-11-13(17)15-12(10(3)4)14(18)16(11)8-7-9-19-6-2/h10-12H,5-9H2,1-4H3,(H,15,17). The van der Waals surface area contributed by atoms with Gasteiger partial charge < -0.3 is 15.0 Å². The molecule has 0 saturated carbocycles. The molecule has 0 radical (unpaired) electrons. The molecule has 5 heteroatoms. The predicted molar refractivity (Wildman–Crippen MR) is 73.7 cm³/mol. The van der Waals surface area contributed by atoms with Crippen molar-refractivity contribution in [2.75, 3.05) is 19.8 Å². The van der Waals surface area contributed by atoms with Crippen LogP contribution in [0.1, 0.15) is 40.5 Å². The number of piperazine rings is 1. The van der Waals surface area contributed by atoms with E-state index in [1.807, 2.05) is 27.7 Å². The lowest BCUT2D eigenvalue weighted by atomic mass is 9.97. The highest BCUT2D eigenvalue weighted by molar-refractivity contribution is 5.97. The Morgan fingerprint density at radius 1 is 1.32 bits per heavy atom. The first-order valence-corrected chi connectivity index (χ1v) is 7.21. The van der Waals surface area contributed by atoms with Crippen molar-refractivity contribution in [1.82, 2.24) is 10.2 Å².